The number of carbonyl (C=O) groups is 1. The van der Waals surface area contributed by atoms with Crippen LogP contribution in [0, 0.1) is 28.6 Å². The summed E-state index contributed by atoms with van der Waals surface area (Å²) in [6, 6.07) is 19.0. The lowest BCUT2D eigenvalue weighted by atomic mass is 10.0. The predicted octanol–water partition coefficient (Wildman–Crippen LogP) is 4.61. The first-order valence-electron chi connectivity index (χ1n) is 9.95. The molecule has 29 heavy (non-hydrogen) atoms. The number of benzene rings is 2. The van der Waals surface area contributed by atoms with Gasteiger partial charge in [-0.25, -0.2) is 0 Å². The average molecular weight is 390 g/mol. The summed E-state index contributed by atoms with van der Waals surface area (Å²) >= 11 is 0. The first-order valence-corrected chi connectivity index (χ1v) is 9.95. The van der Waals surface area contributed by atoms with Crippen molar-refractivity contribution in [3.63, 3.8) is 0 Å². The van der Waals surface area contributed by atoms with Gasteiger partial charge in [-0.3, -0.25) is 4.79 Å². The van der Waals surface area contributed by atoms with E-state index in [1.807, 2.05) is 36.4 Å². The van der Waals surface area contributed by atoms with Gasteiger partial charge in [0.2, 0.25) is 6.10 Å². The smallest absolute Gasteiger partial charge is 0.311 e. The van der Waals surface area contributed by atoms with E-state index < -0.39 is 6.10 Å². The van der Waals surface area contributed by atoms with Crippen molar-refractivity contribution in [1.82, 2.24) is 5.32 Å². The van der Waals surface area contributed by atoms with Crippen LogP contribution >= 0.6 is 0 Å². The molecular weight excluding hydrogens is 364 g/mol. The van der Waals surface area contributed by atoms with Crippen LogP contribution in [-0.4, -0.2) is 17.6 Å². The van der Waals surface area contributed by atoms with Crippen molar-refractivity contribution in [1.29, 1.82) is 5.26 Å². The molecule has 5 nitrogen and oxygen atoms in total. The molecule has 0 aromatic heterocycles. The molecule has 1 aliphatic heterocycles. The largest absolute Gasteiger partial charge is 0.457 e. The fraction of sp³-hybridized carbons (Fsp3) is 0.417. The number of carbonyl (C=O) groups excluding carboxylic acids is 1. The summed E-state index contributed by atoms with van der Waals surface area (Å²) in [7, 11) is 0. The van der Waals surface area contributed by atoms with Crippen molar-refractivity contribution in [3.05, 3.63) is 60.2 Å². The molecule has 2 aromatic rings. The van der Waals surface area contributed by atoms with E-state index in [-0.39, 0.29) is 28.8 Å². The van der Waals surface area contributed by atoms with Crippen LogP contribution in [0.3, 0.4) is 0 Å². The van der Waals surface area contributed by atoms with Crippen molar-refractivity contribution in [2.24, 2.45) is 17.3 Å². The van der Waals surface area contributed by atoms with Crippen LogP contribution in [0.4, 0.5) is 0 Å². The zero-order valence-corrected chi connectivity index (χ0v) is 17.2. The fourth-order valence-electron chi connectivity index (χ4n) is 4.37. The van der Waals surface area contributed by atoms with Gasteiger partial charge >= 0.3 is 5.97 Å². The molecular formula is C24H26N2O3. The third-order valence-corrected chi connectivity index (χ3v) is 6.24. The maximum absolute atomic E-state index is 12.9. The molecule has 1 aliphatic carbocycles. The van der Waals surface area contributed by atoms with E-state index in [9.17, 15) is 10.1 Å². The first kappa shape index (κ1) is 19.5. The summed E-state index contributed by atoms with van der Waals surface area (Å²) in [4.78, 5) is 12.9. The van der Waals surface area contributed by atoms with E-state index in [0.717, 1.165) is 0 Å². The summed E-state index contributed by atoms with van der Waals surface area (Å²) in [5.74, 6) is 1.04. The number of nitriles is 1. The number of ether oxygens (including phenoxy) is 2. The first-order chi connectivity index (χ1) is 13.7. The van der Waals surface area contributed by atoms with Crippen molar-refractivity contribution in [2.45, 2.75) is 45.4 Å². The molecule has 1 saturated heterocycles. The van der Waals surface area contributed by atoms with Crippen LogP contribution in [0.2, 0.25) is 0 Å². The molecule has 0 unspecified atom stereocenters. The molecule has 1 heterocycles. The van der Waals surface area contributed by atoms with Gasteiger partial charge in [0, 0.05) is 17.1 Å². The van der Waals surface area contributed by atoms with Gasteiger partial charge in [-0.1, -0.05) is 44.2 Å². The van der Waals surface area contributed by atoms with Gasteiger partial charge in [-0.05, 0) is 49.4 Å². The van der Waals surface area contributed by atoms with Crippen LogP contribution < -0.4 is 10.1 Å². The topological polar surface area (TPSA) is 81.3 Å². The van der Waals surface area contributed by atoms with Crippen LogP contribution in [0.1, 0.15) is 39.4 Å². The van der Waals surface area contributed by atoms with Crippen LogP contribution in [0.25, 0.3) is 0 Å². The van der Waals surface area contributed by atoms with Gasteiger partial charge in [0.15, 0.2) is 0 Å². The molecule has 5 heteroatoms. The molecule has 0 bridgehead atoms. The minimum absolute atomic E-state index is 0.0642. The number of hydrogen-bond donors (Lipinski definition) is 1. The zero-order chi connectivity index (χ0) is 20.8. The van der Waals surface area contributed by atoms with Crippen molar-refractivity contribution < 1.29 is 14.3 Å². The highest BCUT2D eigenvalue weighted by Crippen LogP contribution is 2.64. The molecule has 1 saturated carbocycles. The monoisotopic (exact) mass is 390 g/mol. The van der Waals surface area contributed by atoms with E-state index in [1.165, 1.54) is 0 Å². The van der Waals surface area contributed by atoms with Crippen molar-refractivity contribution in [3.8, 4) is 17.6 Å². The van der Waals surface area contributed by atoms with Gasteiger partial charge in [0.1, 0.15) is 17.6 Å². The quantitative estimate of drug-likeness (QED) is 0.575. The summed E-state index contributed by atoms with van der Waals surface area (Å²) in [6.45, 7) is 8.47. The summed E-state index contributed by atoms with van der Waals surface area (Å²) < 4.78 is 11.5. The molecule has 2 aliphatic rings. The minimum Gasteiger partial charge on any atom is -0.457 e. The minimum atomic E-state index is -0.959. The molecule has 4 rings (SSSR count). The zero-order valence-electron chi connectivity index (χ0n) is 17.2. The van der Waals surface area contributed by atoms with Crippen molar-refractivity contribution >= 4 is 5.97 Å². The lowest BCUT2D eigenvalue weighted by Gasteiger charge is -2.13. The number of esters is 1. The Balaban J connectivity index is 1.45. The maximum atomic E-state index is 12.9. The Morgan fingerprint density at radius 2 is 1.72 bits per heavy atom. The maximum Gasteiger partial charge on any atom is 0.311 e. The van der Waals surface area contributed by atoms with Gasteiger partial charge < -0.3 is 14.8 Å². The second-order valence-corrected chi connectivity index (χ2v) is 9.10. The van der Waals surface area contributed by atoms with Gasteiger partial charge in [0.25, 0.3) is 0 Å². The predicted molar refractivity (Wildman–Crippen MR) is 109 cm³/mol. The average Bonchev–Trinajstić information content (AvgIpc) is 3.50. The van der Waals surface area contributed by atoms with Crippen LogP contribution in [-0.2, 0) is 9.53 Å². The van der Waals surface area contributed by atoms with Crippen LogP contribution in [0.15, 0.2) is 54.6 Å². The Bertz CT molecular complexity index is 962. The van der Waals surface area contributed by atoms with Crippen LogP contribution in [0.5, 0.6) is 11.5 Å². The SMILES string of the molecule is CC1(C)N[C@H]1[C@H]1[C@@H](C(=O)O[C@@H](C#N)c2cccc(Oc3ccccc3)c2)C1(C)C. The standard InChI is InChI=1S/C24H26N2O3/c1-23(2)19(21-24(3,4)26-21)20(23)22(27)29-18(14-25)15-9-8-12-17(13-15)28-16-10-6-5-7-11-16/h5-13,18-21,26H,1-4H3/t18-,19+,20-,21-/m0/s1. The molecule has 0 spiro atoms. The summed E-state index contributed by atoms with van der Waals surface area (Å²) in [5, 5.41) is 13.1. The second kappa shape index (κ2) is 6.89. The Kier molecular flexibility index (Phi) is 4.63. The van der Waals surface area contributed by atoms with E-state index in [1.54, 1.807) is 18.2 Å². The number of hydrogen-bond acceptors (Lipinski definition) is 5. The number of nitrogens with one attached hydrogen (secondary N) is 1. The van der Waals surface area contributed by atoms with E-state index in [2.05, 4.69) is 39.1 Å². The Labute approximate surface area is 171 Å². The van der Waals surface area contributed by atoms with E-state index in [0.29, 0.717) is 23.1 Å². The lowest BCUT2D eigenvalue weighted by molar-refractivity contribution is -0.149. The summed E-state index contributed by atoms with van der Waals surface area (Å²) in [5.41, 5.74) is 0.546. The Hall–Kier alpha value is -2.84. The lowest BCUT2D eigenvalue weighted by Crippen LogP contribution is -2.15. The molecule has 4 atom stereocenters. The van der Waals surface area contributed by atoms with Gasteiger partial charge in [0.05, 0.1) is 5.92 Å². The van der Waals surface area contributed by atoms with E-state index in [4.69, 9.17) is 9.47 Å². The second-order valence-electron chi connectivity index (χ2n) is 9.10. The van der Waals surface area contributed by atoms with Crippen molar-refractivity contribution in [2.75, 3.05) is 0 Å². The van der Waals surface area contributed by atoms with Gasteiger partial charge in [-0.2, -0.15) is 5.26 Å². The molecule has 0 amide bonds. The Morgan fingerprint density at radius 3 is 2.34 bits per heavy atom. The Morgan fingerprint density at radius 1 is 1.07 bits per heavy atom. The highest BCUT2D eigenvalue weighted by Gasteiger charge is 2.71. The summed E-state index contributed by atoms with van der Waals surface area (Å²) in [6.07, 6.45) is -0.959. The number of nitrogens with zero attached hydrogens (tertiary/aromatic N) is 1. The fourth-order valence-corrected chi connectivity index (χ4v) is 4.37. The van der Waals surface area contributed by atoms with Gasteiger partial charge in [-0.15, -0.1) is 0 Å². The highest BCUT2D eigenvalue weighted by molar-refractivity contribution is 5.78. The number of para-hydroxylation sites is 1. The third-order valence-electron chi connectivity index (χ3n) is 6.24. The molecule has 150 valence electrons. The molecule has 2 aromatic carbocycles. The highest BCUT2D eigenvalue weighted by atomic mass is 16.5. The molecule has 0 radical (unpaired) electrons. The molecule has 2 fully saturated rings. The third kappa shape index (κ3) is 3.73. The molecule has 1 N–H and O–H groups in total. The number of rotatable bonds is 6. The normalized spacial score (nSPS) is 26.7. The van der Waals surface area contributed by atoms with E-state index >= 15 is 0 Å².